The average molecular weight is 413 g/mol. The van der Waals surface area contributed by atoms with Crippen LogP contribution in [0.4, 0.5) is 5.69 Å². The van der Waals surface area contributed by atoms with Gasteiger partial charge in [0.15, 0.2) is 5.58 Å². The van der Waals surface area contributed by atoms with E-state index in [2.05, 4.69) is 10.3 Å². The summed E-state index contributed by atoms with van der Waals surface area (Å²) < 4.78 is 11.0. The lowest BCUT2D eigenvalue weighted by Gasteiger charge is -2.06. The van der Waals surface area contributed by atoms with E-state index in [1.807, 2.05) is 24.3 Å². The Balaban J connectivity index is 1.58. The number of benzene rings is 3. The second-order valence-electron chi connectivity index (χ2n) is 6.01. The normalized spacial score (nSPS) is 10.8. The van der Waals surface area contributed by atoms with E-state index >= 15 is 0 Å². The largest absolute Gasteiger partial charge is 0.497 e. The van der Waals surface area contributed by atoms with Gasteiger partial charge in [0.2, 0.25) is 5.89 Å². The molecule has 4 aromatic rings. The van der Waals surface area contributed by atoms with Crippen molar-refractivity contribution in [2.24, 2.45) is 0 Å². The van der Waals surface area contributed by atoms with Gasteiger partial charge < -0.3 is 14.5 Å². The Kier molecular flexibility index (Phi) is 4.94. The summed E-state index contributed by atoms with van der Waals surface area (Å²) in [6.45, 7) is 0. The van der Waals surface area contributed by atoms with Crippen molar-refractivity contribution in [2.75, 3.05) is 12.4 Å². The van der Waals surface area contributed by atoms with Crippen molar-refractivity contribution >= 4 is 45.9 Å². The predicted molar refractivity (Wildman–Crippen MR) is 110 cm³/mol. The molecule has 0 atom stereocenters. The summed E-state index contributed by atoms with van der Waals surface area (Å²) in [5, 5.41) is 3.54. The van der Waals surface area contributed by atoms with Gasteiger partial charge in [-0.2, -0.15) is 0 Å². The summed E-state index contributed by atoms with van der Waals surface area (Å²) in [7, 11) is 1.61. The number of aromatic nitrogens is 1. The highest BCUT2D eigenvalue weighted by Gasteiger charge is 2.12. The molecule has 0 aliphatic heterocycles. The highest BCUT2D eigenvalue weighted by atomic mass is 35.5. The summed E-state index contributed by atoms with van der Waals surface area (Å²) in [5.74, 6) is 0.950. The highest BCUT2D eigenvalue weighted by Crippen LogP contribution is 2.28. The highest BCUT2D eigenvalue weighted by molar-refractivity contribution is 6.42. The van der Waals surface area contributed by atoms with Crippen LogP contribution in [0.25, 0.3) is 22.6 Å². The third-order valence-electron chi connectivity index (χ3n) is 4.17. The van der Waals surface area contributed by atoms with E-state index in [-0.39, 0.29) is 5.91 Å². The van der Waals surface area contributed by atoms with Crippen molar-refractivity contribution in [3.8, 4) is 17.2 Å². The number of hydrogen-bond acceptors (Lipinski definition) is 4. The third kappa shape index (κ3) is 3.67. The molecule has 0 fully saturated rings. The third-order valence-corrected chi connectivity index (χ3v) is 4.90. The second-order valence-corrected chi connectivity index (χ2v) is 6.83. The van der Waals surface area contributed by atoms with Gasteiger partial charge >= 0.3 is 0 Å². The van der Waals surface area contributed by atoms with Gasteiger partial charge in [-0.15, -0.1) is 0 Å². The van der Waals surface area contributed by atoms with Gasteiger partial charge in [-0.05, 0) is 54.6 Å². The van der Waals surface area contributed by atoms with Crippen LogP contribution >= 0.6 is 23.2 Å². The van der Waals surface area contributed by atoms with Gasteiger partial charge in [0, 0.05) is 22.9 Å². The topological polar surface area (TPSA) is 64.4 Å². The Morgan fingerprint density at radius 1 is 1.00 bits per heavy atom. The Morgan fingerprint density at radius 3 is 2.50 bits per heavy atom. The molecule has 0 spiro atoms. The van der Waals surface area contributed by atoms with E-state index < -0.39 is 0 Å². The lowest BCUT2D eigenvalue weighted by Crippen LogP contribution is -2.11. The zero-order chi connectivity index (χ0) is 19.7. The number of nitrogens with zero attached hydrogens (tertiary/aromatic N) is 1. The van der Waals surface area contributed by atoms with Gasteiger partial charge in [0.05, 0.1) is 17.2 Å². The number of carbonyl (C=O) groups excluding carboxylic acids is 1. The fraction of sp³-hybridized carbons (Fsp3) is 0.0476. The van der Waals surface area contributed by atoms with Crippen LogP contribution in [0.3, 0.4) is 0 Å². The minimum Gasteiger partial charge on any atom is -0.497 e. The lowest BCUT2D eigenvalue weighted by atomic mass is 10.2. The maximum Gasteiger partial charge on any atom is 0.255 e. The molecule has 0 radical (unpaired) electrons. The first-order valence-corrected chi connectivity index (χ1v) is 9.10. The van der Waals surface area contributed by atoms with Crippen LogP contribution in [-0.2, 0) is 0 Å². The molecule has 3 aromatic carbocycles. The van der Waals surface area contributed by atoms with Gasteiger partial charge in [-0.1, -0.05) is 23.2 Å². The predicted octanol–water partition coefficient (Wildman–Crippen LogP) is 6.06. The number of anilines is 1. The fourth-order valence-corrected chi connectivity index (χ4v) is 3.00. The first-order chi connectivity index (χ1) is 13.5. The molecule has 5 nitrogen and oxygen atoms in total. The minimum absolute atomic E-state index is 0.298. The van der Waals surface area contributed by atoms with Crippen LogP contribution in [0, 0.1) is 0 Å². The molecular weight excluding hydrogens is 399 g/mol. The molecule has 0 aliphatic carbocycles. The molecule has 0 aliphatic rings. The molecule has 1 aromatic heterocycles. The molecule has 1 N–H and O–H groups in total. The molecule has 1 amide bonds. The zero-order valence-corrected chi connectivity index (χ0v) is 16.2. The van der Waals surface area contributed by atoms with Gasteiger partial charge in [0.1, 0.15) is 11.3 Å². The van der Waals surface area contributed by atoms with E-state index in [1.165, 1.54) is 6.07 Å². The van der Waals surface area contributed by atoms with E-state index in [4.69, 9.17) is 32.4 Å². The van der Waals surface area contributed by atoms with Crippen molar-refractivity contribution in [3.63, 3.8) is 0 Å². The maximum atomic E-state index is 12.4. The first-order valence-electron chi connectivity index (χ1n) is 8.35. The number of carbonyl (C=O) groups is 1. The number of hydrogen-bond donors (Lipinski definition) is 1. The quantitative estimate of drug-likeness (QED) is 0.442. The molecular formula is C21H14Cl2N2O3. The zero-order valence-electron chi connectivity index (χ0n) is 14.7. The molecule has 28 heavy (non-hydrogen) atoms. The smallest absolute Gasteiger partial charge is 0.255 e. The SMILES string of the molecule is COc1ccc(-c2nc3ccc(NC(=O)c4ccc(Cl)c(Cl)c4)cc3o2)cc1. The van der Waals surface area contributed by atoms with Crippen molar-refractivity contribution in [2.45, 2.75) is 0 Å². The van der Waals surface area contributed by atoms with Crippen LogP contribution in [0.15, 0.2) is 65.1 Å². The van der Waals surface area contributed by atoms with Crippen LogP contribution < -0.4 is 10.1 Å². The van der Waals surface area contributed by atoms with Crippen molar-refractivity contribution in [3.05, 3.63) is 76.3 Å². The van der Waals surface area contributed by atoms with Gasteiger partial charge in [-0.3, -0.25) is 4.79 Å². The Hall–Kier alpha value is -3.02. The number of nitrogens with one attached hydrogen (secondary N) is 1. The first kappa shape index (κ1) is 18.3. The average Bonchev–Trinajstić information content (AvgIpc) is 3.13. The van der Waals surface area contributed by atoms with E-state index in [0.29, 0.717) is 38.3 Å². The number of halogens is 2. The molecule has 0 unspecified atom stereocenters. The van der Waals surface area contributed by atoms with Crippen LogP contribution in [0.1, 0.15) is 10.4 Å². The van der Waals surface area contributed by atoms with Crippen molar-refractivity contribution in [1.82, 2.24) is 4.98 Å². The number of amides is 1. The molecule has 7 heteroatoms. The Bertz CT molecular complexity index is 1170. The number of methoxy groups -OCH3 is 1. The Morgan fingerprint density at radius 2 is 1.79 bits per heavy atom. The molecule has 0 bridgehead atoms. The summed E-state index contributed by atoms with van der Waals surface area (Å²) in [4.78, 5) is 16.9. The van der Waals surface area contributed by atoms with E-state index in [9.17, 15) is 4.79 Å². The van der Waals surface area contributed by atoms with Crippen molar-refractivity contribution < 1.29 is 13.9 Å². The molecule has 140 valence electrons. The second kappa shape index (κ2) is 7.54. The standard InChI is InChI=1S/C21H14Cl2N2O3/c1-27-15-6-2-12(3-7-15)21-25-18-9-5-14(11-19(18)28-21)24-20(26)13-4-8-16(22)17(23)10-13/h2-11H,1H3,(H,24,26). The summed E-state index contributed by atoms with van der Waals surface area (Å²) >= 11 is 11.9. The summed E-state index contributed by atoms with van der Waals surface area (Å²) in [6.07, 6.45) is 0. The Labute approximate surface area is 170 Å². The molecule has 0 saturated heterocycles. The summed E-state index contributed by atoms with van der Waals surface area (Å²) in [5.41, 5.74) is 3.08. The van der Waals surface area contributed by atoms with Crippen molar-refractivity contribution in [1.29, 1.82) is 0 Å². The minimum atomic E-state index is -0.298. The number of ether oxygens (including phenoxy) is 1. The number of rotatable bonds is 4. The van der Waals surface area contributed by atoms with Gasteiger partial charge in [0.25, 0.3) is 5.91 Å². The molecule has 1 heterocycles. The lowest BCUT2D eigenvalue weighted by molar-refractivity contribution is 0.102. The maximum absolute atomic E-state index is 12.4. The van der Waals surface area contributed by atoms with E-state index in [1.54, 1.807) is 37.4 Å². The van der Waals surface area contributed by atoms with Crippen LogP contribution in [0.5, 0.6) is 5.75 Å². The number of oxazole rings is 1. The summed E-state index contributed by atoms with van der Waals surface area (Å²) in [6, 6.07) is 17.4. The number of fused-ring (bicyclic) bond motifs is 1. The monoisotopic (exact) mass is 412 g/mol. The van der Waals surface area contributed by atoms with E-state index in [0.717, 1.165) is 11.3 Å². The van der Waals surface area contributed by atoms with Crippen LogP contribution in [0.2, 0.25) is 10.0 Å². The van der Waals surface area contributed by atoms with Crippen LogP contribution in [-0.4, -0.2) is 18.0 Å². The molecule has 0 saturated carbocycles. The fourth-order valence-electron chi connectivity index (χ4n) is 2.70. The van der Waals surface area contributed by atoms with Gasteiger partial charge in [-0.25, -0.2) is 4.98 Å². The molecule has 4 rings (SSSR count).